The fraction of sp³-hybridized carbons (Fsp3) is 0.391. The summed E-state index contributed by atoms with van der Waals surface area (Å²) in [6.07, 6.45) is 10.5. The van der Waals surface area contributed by atoms with Gasteiger partial charge in [0.2, 0.25) is 5.88 Å². The number of ether oxygens (including phenoxy) is 1. The molecule has 12 heteroatoms. The summed E-state index contributed by atoms with van der Waals surface area (Å²) in [6.45, 7) is 2.06. The van der Waals surface area contributed by atoms with Gasteiger partial charge in [-0.25, -0.2) is 27.3 Å². The quantitative estimate of drug-likeness (QED) is 0.384. The molecule has 0 unspecified atom stereocenters. The summed E-state index contributed by atoms with van der Waals surface area (Å²) >= 11 is 5.63. The summed E-state index contributed by atoms with van der Waals surface area (Å²) in [5.41, 5.74) is 1.11. The van der Waals surface area contributed by atoms with E-state index < -0.39 is 15.7 Å². The van der Waals surface area contributed by atoms with Crippen molar-refractivity contribution in [2.45, 2.75) is 30.3 Å². The summed E-state index contributed by atoms with van der Waals surface area (Å²) in [7, 11) is -1.53. The molecule has 0 spiro atoms. The van der Waals surface area contributed by atoms with Gasteiger partial charge in [0, 0.05) is 38.7 Å². The van der Waals surface area contributed by atoms with Crippen molar-refractivity contribution in [3.05, 3.63) is 54.6 Å². The number of anilines is 2. The lowest BCUT2D eigenvalue weighted by Gasteiger charge is -2.32. The van der Waals surface area contributed by atoms with Crippen LogP contribution in [0.25, 0.3) is 0 Å². The first kappa shape index (κ1) is 23.6. The molecule has 184 valence electrons. The highest BCUT2D eigenvalue weighted by molar-refractivity contribution is 7.90. The van der Waals surface area contributed by atoms with Crippen LogP contribution in [0.1, 0.15) is 18.4 Å². The second-order valence-corrected chi connectivity index (χ2v) is 11.2. The Kier molecular flexibility index (Phi) is 6.18. The first-order chi connectivity index (χ1) is 16.7. The van der Waals surface area contributed by atoms with Crippen LogP contribution in [0.15, 0.2) is 48.1 Å². The van der Waals surface area contributed by atoms with E-state index in [2.05, 4.69) is 14.9 Å². The number of thiocarbonyl (C=S) groups is 1. The van der Waals surface area contributed by atoms with E-state index in [1.54, 1.807) is 4.90 Å². The number of piperidine rings is 1. The number of benzene rings is 1. The smallest absolute Gasteiger partial charge is 0.269 e. The second kappa shape index (κ2) is 9.15. The molecule has 1 saturated heterocycles. The molecule has 0 bridgehead atoms. The Labute approximate surface area is 208 Å². The van der Waals surface area contributed by atoms with Crippen molar-refractivity contribution in [2.75, 3.05) is 30.8 Å². The van der Waals surface area contributed by atoms with E-state index in [4.69, 9.17) is 17.0 Å². The van der Waals surface area contributed by atoms with Gasteiger partial charge in [0.05, 0.1) is 23.2 Å². The Hall–Kier alpha value is -3.12. The standard InChI is InChI=1S/C23H26FN6O3S2/c1-27-11-12-29(15-27)23(34)28-8-5-16(6-9-28)33-22-18-7-10-30(21(18)25-14-26-22)20-4-3-17(13-19(20)24)35(2,31)32/h3-4,11-16H,5-10H2,1-2H3/q+1. The molecule has 9 nitrogen and oxygen atoms in total. The fourth-order valence-corrected chi connectivity index (χ4v) is 5.41. The molecule has 3 aromatic rings. The van der Waals surface area contributed by atoms with E-state index in [1.165, 1.54) is 18.5 Å². The predicted octanol–water partition coefficient (Wildman–Crippen LogP) is 2.02. The van der Waals surface area contributed by atoms with Gasteiger partial charge in [0.15, 0.2) is 9.84 Å². The number of hydrogen-bond donors (Lipinski definition) is 0. The van der Waals surface area contributed by atoms with Crippen LogP contribution in [0.3, 0.4) is 0 Å². The predicted molar refractivity (Wildman–Crippen MR) is 131 cm³/mol. The number of likely N-dealkylation sites (tertiary alicyclic amines) is 1. The maximum atomic E-state index is 14.8. The van der Waals surface area contributed by atoms with E-state index in [1.807, 2.05) is 34.9 Å². The molecule has 0 amide bonds. The fourth-order valence-electron chi connectivity index (χ4n) is 4.49. The average Bonchev–Trinajstić information content (AvgIpc) is 3.45. The molecule has 35 heavy (non-hydrogen) atoms. The second-order valence-electron chi connectivity index (χ2n) is 8.84. The zero-order chi connectivity index (χ0) is 24.7. The van der Waals surface area contributed by atoms with Crippen LogP contribution >= 0.6 is 12.2 Å². The lowest BCUT2D eigenvalue weighted by atomic mass is 10.1. The van der Waals surface area contributed by atoms with Gasteiger partial charge >= 0.3 is 0 Å². The Balaban J connectivity index is 1.28. The number of sulfone groups is 1. The van der Waals surface area contributed by atoms with Crippen molar-refractivity contribution in [1.29, 1.82) is 0 Å². The van der Waals surface area contributed by atoms with Crippen LogP contribution < -0.4 is 14.2 Å². The highest BCUT2D eigenvalue weighted by atomic mass is 32.2. The van der Waals surface area contributed by atoms with Crippen molar-refractivity contribution in [3.63, 3.8) is 0 Å². The number of aryl methyl sites for hydroxylation is 1. The summed E-state index contributed by atoms with van der Waals surface area (Å²) in [6, 6.07) is 3.94. The van der Waals surface area contributed by atoms with E-state index >= 15 is 0 Å². The molecular formula is C23H26FN6O3S2+. The molecule has 5 rings (SSSR count). The molecule has 4 heterocycles. The van der Waals surface area contributed by atoms with Crippen molar-refractivity contribution in [2.24, 2.45) is 7.05 Å². The highest BCUT2D eigenvalue weighted by Crippen LogP contribution is 2.38. The van der Waals surface area contributed by atoms with E-state index in [-0.39, 0.29) is 16.7 Å². The number of imidazole rings is 1. The third kappa shape index (κ3) is 4.72. The molecule has 0 aliphatic carbocycles. The largest absolute Gasteiger partial charge is 0.474 e. The number of halogens is 1. The summed E-state index contributed by atoms with van der Waals surface area (Å²) < 4.78 is 48.5. The normalized spacial score (nSPS) is 16.4. The summed E-state index contributed by atoms with van der Waals surface area (Å²) in [5.74, 6) is 0.491. The van der Waals surface area contributed by atoms with Crippen LogP contribution in [0.5, 0.6) is 5.88 Å². The third-order valence-electron chi connectivity index (χ3n) is 6.34. The van der Waals surface area contributed by atoms with Crippen LogP contribution in [0.2, 0.25) is 0 Å². The third-order valence-corrected chi connectivity index (χ3v) is 7.92. The van der Waals surface area contributed by atoms with Gasteiger partial charge in [-0.15, -0.1) is 0 Å². The van der Waals surface area contributed by atoms with E-state index in [9.17, 15) is 12.8 Å². The average molecular weight is 518 g/mol. The number of rotatable bonds is 4. The maximum absolute atomic E-state index is 14.8. The Morgan fingerprint density at radius 3 is 2.66 bits per heavy atom. The summed E-state index contributed by atoms with van der Waals surface area (Å²) in [4.78, 5) is 12.6. The molecule has 0 radical (unpaired) electrons. The van der Waals surface area contributed by atoms with Gasteiger partial charge in [0.1, 0.15) is 36.5 Å². The van der Waals surface area contributed by atoms with Crippen LogP contribution in [-0.4, -0.2) is 65.0 Å². The van der Waals surface area contributed by atoms with Gasteiger partial charge in [-0.3, -0.25) is 0 Å². The SMILES string of the molecule is C[n+]1ccn(C(=S)N2CCC(Oc3ncnc4c3CCN4c3ccc(S(C)(=O)=O)cc3F)CC2)c1. The Bertz CT molecular complexity index is 1390. The Morgan fingerprint density at radius 2 is 2.00 bits per heavy atom. The zero-order valence-electron chi connectivity index (χ0n) is 19.5. The molecule has 2 aromatic heterocycles. The van der Waals surface area contributed by atoms with Gasteiger partial charge < -0.3 is 14.5 Å². The molecule has 0 N–H and O–H groups in total. The van der Waals surface area contributed by atoms with Crippen LogP contribution in [-0.2, 0) is 23.3 Å². The van der Waals surface area contributed by atoms with Crippen molar-refractivity contribution in [1.82, 2.24) is 19.4 Å². The van der Waals surface area contributed by atoms with Gasteiger partial charge in [-0.1, -0.05) is 0 Å². The molecule has 2 aliphatic heterocycles. The van der Waals surface area contributed by atoms with Crippen molar-refractivity contribution in [3.8, 4) is 5.88 Å². The first-order valence-electron chi connectivity index (χ1n) is 11.3. The highest BCUT2D eigenvalue weighted by Gasteiger charge is 2.31. The minimum absolute atomic E-state index is 0.00588. The minimum atomic E-state index is -3.49. The first-order valence-corrected chi connectivity index (χ1v) is 13.6. The Morgan fingerprint density at radius 1 is 1.23 bits per heavy atom. The van der Waals surface area contributed by atoms with Gasteiger partial charge in [-0.05, 0) is 36.8 Å². The van der Waals surface area contributed by atoms with Crippen molar-refractivity contribution >= 4 is 38.7 Å². The molecule has 2 aliphatic rings. The molecule has 1 fully saturated rings. The number of aromatic nitrogens is 4. The van der Waals surface area contributed by atoms with Gasteiger partial charge in [-0.2, -0.15) is 4.57 Å². The topological polar surface area (TPSA) is 84.4 Å². The maximum Gasteiger partial charge on any atom is 0.269 e. The summed E-state index contributed by atoms with van der Waals surface area (Å²) in [5, 5.41) is 0.770. The zero-order valence-corrected chi connectivity index (χ0v) is 21.1. The minimum Gasteiger partial charge on any atom is -0.474 e. The monoisotopic (exact) mass is 517 g/mol. The van der Waals surface area contributed by atoms with Crippen molar-refractivity contribution < 1.29 is 22.1 Å². The lowest BCUT2D eigenvalue weighted by Crippen LogP contribution is -2.43. The van der Waals surface area contributed by atoms with Crippen LogP contribution in [0.4, 0.5) is 15.9 Å². The number of nitrogens with zero attached hydrogens (tertiary/aromatic N) is 6. The number of fused-ring (bicyclic) bond motifs is 1. The molecule has 1 aromatic carbocycles. The van der Waals surface area contributed by atoms with E-state index in [0.717, 1.165) is 48.9 Å². The van der Waals surface area contributed by atoms with E-state index in [0.29, 0.717) is 24.7 Å². The number of hydrogen-bond acceptors (Lipinski definition) is 7. The molecule has 0 atom stereocenters. The lowest BCUT2D eigenvalue weighted by molar-refractivity contribution is -0.670. The van der Waals surface area contributed by atoms with Crippen LogP contribution in [0, 0.1) is 5.82 Å². The molecule has 0 saturated carbocycles. The molecular weight excluding hydrogens is 491 g/mol. The van der Waals surface area contributed by atoms with Gasteiger partial charge in [0.25, 0.3) is 11.4 Å².